The van der Waals surface area contributed by atoms with Crippen molar-refractivity contribution in [2.75, 3.05) is 26.2 Å². The lowest BCUT2D eigenvalue weighted by molar-refractivity contribution is -0.133. The van der Waals surface area contributed by atoms with Crippen LogP contribution in [0.3, 0.4) is 0 Å². The number of carbonyl (C=O) groups excluding carboxylic acids is 1. The number of nitrogens with one attached hydrogen (secondary N) is 1. The second-order valence-corrected chi connectivity index (χ2v) is 6.58. The summed E-state index contributed by atoms with van der Waals surface area (Å²) in [5.74, 6) is 0.731. The van der Waals surface area contributed by atoms with Gasteiger partial charge in [-0.25, -0.2) is 0 Å². The lowest BCUT2D eigenvalue weighted by atomic mass is 9.88. The second-order valence-electron chi connectivity index (χ2n) is 6.58. The van der Waals surface area contributed by atoms with E-state index < -0.39 is 0 Å². The van der Waals surface area contributed by atoms with Crippen molar-refractivity contribution in [3.05, 3.63) is 0 Å². The SMILES string of the molecule is CCC(C)(CO)CNC1CCN(C(=O)C2CC2)CC1. The predicted octanol–water partition coefficient (Wildman–Crippen LogP) is 1.39. The van der Waals surface area contributed by atoms with Crippen LogP contribution in [0.2, 0.25) is 0 Å². The predicted molar refractivity (Wildman–Crippen MR) is 75.8 cm³/mol. The van der Waals surface area contributed by atoms with Gasteiger partial charge < -0.3 is 15.3 Å². The van der Waals surface area contributed by atoms with Crippen molar-refractivity contribution in [3.63, 3.8) is 0 Å². The van der Waals surface area contributed by atoms with Crippen LogP contribution in [0.25, 0.3) is 0 Å². The highest BCUT2D eigenvalue weighted by atomic mass is 16.3. The fraction of sp³-hybridized carbons (Fsp3) is 0.933. The van der Waals surface area contributed by atoms with Crippen LogP contribution in [0.15, 0.2) is 0 Å². The summed E-state index contributed by atoms with van der Waals surface area (Å²) in [4.78, 5) is 14.0. The van der Waals surface area contributed by atoms with E-state index in [0.29, 0.717) is 17.9 Å². The molecule has 2 rings (SSSR count). The Hall–Kier alpha value is -0.610. The number of amides is 1. The Labute approximate surface area is 116 Å². The third-order valence-electron chi connectivity index (χ3n) is 4.79. The van der Waals surface area contributed by atoms with E-state index in [2.05, 4.69) is 19.2 Å². The number of nitrogens with zero attached hydrogens (tertiary/aromatic N) is 1. The summed E-state index contributed by atoms with van der Waals surface area (Å²) in [7, 11) is 0. The van der Waals surface area contributed by atoms with E-state index in [-0.39, 0.29) is 12.0 Å². The summed E-state index contributed by atoms with van der Waals surface area (Å²) < 4.78 is 0. The Morgan fingerprint density at radius 1 is 1.32 bits per heavy atom. The third-order valence-corrected chi connectivity index (χ3v) is 4.79. The number of aliphatic hydroxyl groups excluding tert-OH is 1. The van der Waals surface area contributed by atoms with Crippen molar-refractivity contribution in [2.24, 2.45) is 11.3 Å². The van der Waals surface area contributed by atoms with E-state index in [1.165, 1.54) is 0 Å². The molecule has 0 aromatic rings. The molecule has 4 heteroatoms. The summed E-state index contributed by atoms with van der Waals surface area (Å²) >= 11 is 0. The van der Waals surface area contributed by atoms with E-state index in [1.807, 2.05) is 4.90 Å². The smallest absolute Gasteiger partial charge is 0.225 e. The molecule has 1 aliphatic heterocycles. The Kier molecular flexibility index (Phi) is 4.85. The maximum Gasteiger partial charge on any atom is 0.225 e. The first kappa shape index (κ1) is 14.8. The molecular formula is C15H28N2O2. The maximum atomic E-state index is 11.9. The largest absolute Gasteiger partial charge is 0.396 e. The van der Waals surface area contributed by atoms with Gasteiger partial charge in [-0.2, -0.15) is 0 Å². The molecule has 1 heterocycles. The first-order chi connectivity index (χ1) is 9.08. The summed E-state index contributed by atoms with van der Waals surface area (Å²) in [5.41, 5.74) is -0.0129. The highest BCUT2D eigenvalue weighted by Gasteiger charge is 2.35. The number of hydrogen-bond acceptors (Lipinski definition) is 3. The van der Waals surface area contributed by atoms with Crippen LogP contribution in [0.5, 0.6) is 0 Å². The molecule has 2 fully saturated rings. The summed E-state index contributed by atoms with van der Waals surface area (Å²) in [6.07, 6.45) is 5.27. The Morgan fingerprint density at radius 3 is 2.42 bits per heavy atom. The van der Waals surface area contributed by atoms with Crippen LogP contribution in [0, 0.1) is 11.3 Å². The zero-order valence-corrected chi connectivity index (χ0v) is 12.3. The topological polar surface area (TPSA) is 52.6 Å². The number of likely N-dealkylation sites (tertiary alicyclic amines) is 1. The molecule has 0 aromatic heterocycles. The Morgan fingerprint density at radius 2 is 1.95 bits per heavy atom. The molecule has 1 amide bonds. The number of rotatable bonds is 6. The average Bonchev–Trinajstić information content (AvgIpc) is 3.29. The molecular weight excluding hydrogens is 240 g/mol. The second kappa shape index (κ2) is 6.23. The van der Waals surface area contributed by atoms with Gasteiger partial charge in [0.15, 0.2) is 0 Å². The molecule has 110 valence electrons. The van der Waals surface area contributed by atoms with Gasteiger partial charge >= 0.3 is 0 Å². The van der Waals surface area contributed by atoms with Gasteiger partial charge in [0.1, 0.15) is 0 Å². The van der Waals surface area contributed by atoms with Crippen molar-refractivity contribution >= 4 is 5.91 Å². The monoisotopic (exact) mass is 268 g/mol. The van der Waals surface area contributed by atoms with Gasteiger partial charge in [-0.05, 0) is 32.1 Å². The lowest BCUT2D eigenvalue weighted by Gasteiger charge is -2.35. The Balaban J connectivity index is 1.69. The molecule has 1 saturated carbocycles. The minimum Gasteiger partial charge on any atom is -0.396 e. The zero-order chi connectivity index (χ0) is 13.9. The fourth-order valence-corrected chi connectivity index (χ4v) is 2.58. The highest BCUT2D eigenvalue weighted by molar-refractivity contribution is 5.81. The van der Waals surface area contributed by atoms with E-state index in [0.717, 1.165) is 51.7 Å². The zero-order valence-electron chi connectivity index (χ0n) is 12.3. The van der Waals surface area contributed by atoms with Gasteiger partial charge in [0, 0.05) is 43.6 Å². The van der Waals surface area contributed by atoms with E-state index in [9.17, 15) is 9.90 Å². The minimum atomic E-state index is -0.0129. The van der Waals surface area contributed by atoms with Crippen LogP contribution >= 0.6 is 0 Å². The first-order valence-corrected chi connectivity index (χ1v) is 7.71. The van der Waals surface area contributed by atoms with E-state index >= 15 is 0 Å². The molecule has 0 radical (unpaired) electrons. The molecule has 1 atom stereocenters. The van der Waals surface area contributed by atoms with Crippen LogP contribution in [-0.4, -0.2) is 48.2 Å². The molecule has 2 N–H and O–H groups in total. The minimum absolute atomic E-state index is 0.0129. The molecule has 4 nitrogen and oxygen atoms in total. The third kappa shape index (κ3) is 3.93. The van der Waals surface area contributed by atoms with E-state index in [1.54, 1.807) is 0 Å². The van der Waals surface area contributed by atoms with Crippen LogP contribution in [-0.2, 0) is 4.79 Å². The summed E-state index contributed by atoms with van der Waals surface area (Å²) in [5, 5.41) is 13.0. The van der Waals surface area contributed by atoms with Crippen molar-refractivity contribution in [1.82, 2.24) is 10.2 Å². The van der Waals surface area contributed by atoms with Gasteiger partial charge in [-0.1, -0.05) is 13.8 Å². The Bertz CT molecular complexity index is 303. The van der Waals surface area contributed by atoms with Crippen LogP contribution in [0.4, 0.5) is 0 Å². The van der Waals surface area contributed by atoms with Crippen molar-refractivity contribution in [2.45, 2.75) is 52.0 Å². The average molecular weight is 268 g/mol. The molecule has 2 aliphatic rings. The first-order valence-electron chi connectivity index (χ1n) is 7.71. The van der Waals surface area contributed by atoms with Gasteiger partial charge in [0.25, 0.3) is 0 Å². The number of piperidine rings is 1. The quantitative estimate of drug-likeness (QED) is 0.765. The summed E-state index contributed by atoms with van der Waals surface area (Å²) in [6.45, 7) is 7.13. The van der Waals surface area contributed by atoms with E-state index in [4.69, 9.17) is 0 Å². The maximum absolute atomic E-state index is 11.9. The van der Waals surface area contributed by atoms with Gasteiger partial charge in [-0.3, -0.25) is 4.79 Å². The van der Waals surface area contributed by atoms with Crippen molar-refractivity contribution in [1.29, 1.82) is 0 Å². The van der Waals surface area contributed by atoms with Gasteiger partial charge in [0.2, 0.25) is 5.91 Å². The van der Waals surface area contributed by atoms with Crippen LogP contribution in [0.1, 0.15) is 46.0 Å². The van der Waals surface area contributed by atoms with Gasteiger partial charge in [-0.15, -0.1) is 0 Å². The van der Waals surface area contributed by atoms with Crippen molar-refractivity contribution < 1.29 is 9.90 Å². The number of carbonyl (C=O) groups is 1. The molecule has 0 spiro atoms. The normalized spacial score (nSPS) is 24.3. The molecule has 1 unspecified atom stereocenters. The summed E-state index contributed by atoms with van der Waals surface area (Å²) in [6, 6.07) is 0.501. The number of aliphatic hydroxyl groups is 1. The fourth-order valence-electron chi connectivity index (χ4n) is 2.58. The van der Waals surface area contributed by atoms with Crippen molar-refractivity contribution in [3.8, 4) is 0 Å². The molecule has 0 aromatic carbocycles. The molecule has 0 bridgehead atoms. The van der Waals surface area contributed by atoms with Crippen LogP contribution < -0.4 is 5.32 Å². The lowest BCUT2D eigenvalue weighted by Crippen LogP contribution is -2.48. The van der Waals surface area contributed by atoms with Gasteiger partial charge in [0.05, 0.1) is 0 Å². The number of hydrogen-bond donors (Lipinski definition) is 2. The molecule has 1 aliphatic carbocycles. The molecule has 1 saturated heterocycles. The molecule has 19 heavy (non-hydrogen) atoms. The standard InChI is InChI=1S/C15H28N2O2/c1-3-15(2,11-18)10-16-13-6-8-17(9-7-13)14(19)12-4-5-12/h12-13,16,18H,3-11H2,1-2H3. The highest BCUT2D eigenvalue weighted by Crippen LogP contribution is 2.32.